The van der Waals surface area contributed by atoms with Gasteiger partial charge in [0.05, 0.1) is 28.8 Å². The highest BCUT2D eigenvalue weighted by atomic mass is 35.5. The predicted molar refractivity (Wildman–Crippen MR) is 187 cm³/mol. The maximum Gasteiger partial charge on any atom is 0.257 e. The first-order chi connectivity index (χ1) is 22.2. The molecule has 0 bridgehead atoms. The van der Waals surface area contributed by atoms with Crippen molar-refractivity contribution in [1.29, 1.82) is 0 Å². The van der Waals surface area contributed by atoms with Gasteiger partial charge in [0, 0.05) is 68.0 Å². The minimum absolute atomic E-state index is 0.0991. The first-order valence-corrected chi connectivity index (χ1v) is 17.8. The maximum absolute atomic E-state index is 14.0. The Hall–Kier alpha value is -2.58. The number of carbonyl (C=O) groups is 2. The van der Waals surface area contributed by atoms with Crippen LogP contribution in [0.4, 0.5) is 5.69 Å². The number of nitrogens with zero attached hydrogens (tertiary/aromatic N) is 3. The normalized spacial score (nSPS) is 24.5. The number of carbonyl (C=O) groups excluding carboxylic acids is 2. The molecule has 2 aromatic carbocycles. The molecule has 1 aromatic heterocycles. The highest BCUT2D eigenvalue weighted by molar-refractivity contribution is 6.36. The van der Waals surface area contributed by atoms with Crippen LogP contribution in [-0.2, 0) is 23.0 Å². The molecule has 3 aromatic rings. The van der Waals surface area contributed by atoms with Crippen LogP contribution in [0.5, 0.6) is 0 Å². The molecule has 46 heavy (non-hydrogen) atoms. The zero-order valence-corrected chi connectivity index (χ0v) is 29.0. The molecule has 2 unspecified atom stereocenters. The molecule has 0 radical (unpaired) electrons. The van der Waals surface area contributed by atoms with Crippen molar-refractivity contribution in [3.05, 3.63) is 63.8 Å². The Morgan fingerprint density at radius 2 is 1.72 bits per heavy atom. The topological polar surface area (TPSA) is 66.8 Å². The molecule has 3 aliphatic rings. The fourth-order valence-electron chi connectivity index (χ4n) is 8.05. The summed E-state index contributed by atoms with van der Waals surface area (Å²) < 4.78 is 7.55. The van der Waals surface area contributed by atoms with Crippen molar-refractivity contribution in [1.82, 2.24) is 14.4 Å². The second-order valence-corrected chi connectivity index (χ2v) is 14.8. The third-order valence-corrected chi connectivity index (χ3v) is 11.6. The van der Waals surface area contributed by atoms with E-state index in [-0.39, 0.29) is 24.3 Å². The third kappa shape index (κ3) is 7.43. The van der Waals surface area contributed by atoms with E-state index >= 15 is 0 Å². The summed E-state index contributed by atoms with van der Waals surface area (Å²) >= 11 is 13.5. The van der Waals surface area contributed by atoms with Gasteiger partial charge >= 0.3 is 0 Å². The molecule has 1 N–H and O–H groups in total. The van der Waals surface area contributed by atoms with E-state index in [9.17, 15) is 9.59 Å². The van der Waals surface area contributed by atoms with Gasteiger partial charge in [-0.1, -0.05) is 74.0 Å². The number of halogens is 2. The number of rotatable bonds is 9. The van der Waals surface area contributed by atoms with Crippen molar-refractivity contribution in [2.24, 2.45) is 18.9 Å². The van der Waals surface area contributed by atoms with Crippen molar-refractivity contribution in [3.8, 4) is 0 Å². The zero-order valence-electron chi connectivity index (χ0n) is 27.4. The lowest BCUT2D eigenvalue weighted by molar-refractivity contribution is -0.131. The van der Waals surface area contributed by atoms with Crippen LogP contribution in [0.1, 0.15) is 80.6 Å². The van der Waals surface area contributed by atoms with Crippen LogP contribution in [-0.4, -0.2) is 71.1 Å². The van der Waals surface area contributed by atoms with E-state index in [0.29, 0.717) is 39.0 Å². The van der Waals surface area contributed by atoms with E-state index in [4.69, 9.17) is 27.9 Å². The van der Waals surface area contributed by atoms with Gasteiger partial charge in [-0.15, -0.1) is 0 Å². The van der Waals surface area contributed by atoms with Gasteiger partial charge in [0.25, 0.3) is 5.91 Å². The number of methoxy groups -OCH3 is 1. The molecule has 9 heteroatoms. The summed E-state index contributed by atoms with van der Waals surface area (Å²) in [5.74, 6) is 1.46. The average Bonchev–Trinajstić information content (AvgIpc) is 3.65. The molecule has 6 rings (SSSR count). The number of piperidine rings is 1. The Morgan fingerprint density at radius 3 is 2.46 bits per heavy atom. The Bertz CT molecular complexity index is 1540. The van der Waals surface area contributed by atoms with Crippen molar-refractivity contribution in [2.75, 3.05) is 32.1 Å². The van der Waals surface area contributed by atoms with E-state index in [1.807, 2.05) is 42.1 Å². The van der Waals surface area contributed by atoms with E-state index in [0.717, 1.165) is 68.1 Å². The van der Waals surface area contributed by atoms with Gasteiger partial charge in [0.15, 0.2) is 0 Å². The number of para-hydroxylation sites is 1. The number of nitrogens with one attached hydrogen (secondary N) is 1. The lowest BCUT2D eigenvalue weighted by Crippen LogP contribution is -2.45. The van der Waals surface area contributed by atoms with Crippen LogP contribution in [0, 0.1) is 11.8 Å². The molecule has 1 saturated carbocycles. The molecule has 3 heterocycles. The summed E-state index contributed by atoms with van der Waals surface area (Å²) in [4.78, 5) is 32.0. The zero-order chi connectivity index (χ0) is 32.4. The fraction of sp³-hybridized carbons (Fsp3) is 0.568. The van der Waals surface area contributed by atoms with Crippen molar-refractivity contribution >= 4 is 51.6 Å². The second-order valence-electron chi connectivity index (χ2n) is 14.0. The number of amides is 2. The summed E-state index contributed by atoms with van der Waals surface area (Å²) in [5, 5.41) is 4.60. The highest BCUT2D eigenvalue weighted by Gasteiger charge is 2.39. The lowest BCUT2D eigenvalue weighted by Gasteiger charge is -2.35. The first kappa shape index (κ1) is 33.3. The predicted octanol–water partition coefficient (Wildman–Crippen LogP) is 7.97. The van der Waals surface area contributed by atoms with Crippen LogP contribution >= 0.6 is 23.2 Å². The molecular weight excluding hydrogens is 619 g/mol. The van der Waals surface area contributed by atoms with Gasteiger partial charge in [-0.05, 0) is 67.7 Å². The van der Waals surface area contributed by atoms with Crippen LogP contribution in [0.3, 0.4) is 0 Å². The number of aromatic nitrogens is 1. The van der Waals surface area contributed by atoms with Gasteiger partial charge in [0.2, 0.25) is 5.91 Å². The Kier molecular flexibility index (Phi) is 10.6. The number of benzene rings is 2. The van der Waals surface area contributed by atoms with Gasteiger partial charge in [0.1, 0.15) is 0 Å². The van der Waals surface area contributed by atoms with E-state index < -0.39 is 0 Å². The molecule has 3 fully saturated rings. The minimum Gasteiger partial charge on any atom is -0.381 e. The SMILES string of the molecule is COC1CCN(C2CC(CCC3CCC(C)CC3)N(C(=O)Cc3cc(Cl)c(NC(=O)c4cn(C)c5ccccc45)cc3Cl)C2)CC1. The van der Waals surface area contributed by atoms with Gasteiger partial charge in [-0.3, -0.25) is 14.5 Å². The van der Waals surface area contributed by atoms with E-state index in [2.05, 4.69) is 22.0 Å². The summed E-state index contributed by atoms with van der Waals surface area (Å²) in [5.41, 5.74) is 2.65. The number of likely N-dealkylation sites (tertiary alicyclic amines) is 2. The molecule has 2 saturated heterocycles. The minimum atomic E-state index is -0.258. The van der Waals surface area contributed by atoms with Crippen LogP contribution in [0.25, 0.3) is 10.9 Å². The smallest absolute Gasteiger partial charge is 0.257 e. The second kappa shape index (κ2) is 14.7. The molecule has 0 spiro atoms. The molecular formula is C37H48Cl2N4O3. The molecule has 2 amide bonds. The van der Waals surface area contributed by atoms with E-state index in [1.165, 1.54) is 32.1 Å². The molecule has 1 aliphatic carbocycles. The Balaban J connectivity index is 1.14. The maximum atomic E-state index is 14.0. The number of aryl methyl sites for hydroxylation is 1. The number of ether oxygens (including phenoxy) is 1. The Labute approximate surface area is 283 Å². The van der Waals surface area contributed by atoms with Gasteiger partial charge < -0.3 is 19.5 Å². The molecule has 248 valence electrons. The van der Waals surface area contributed by atoms with Crippen molar-refractivity contribution in [2.45, 2.75) is 89.3 Å². The number of hydrogen-bond acceptors (Lipinski definition) is 4. The average molecular weight is 668 g/mol. The summed E-state index contributed by atoms with van der Waals surface area (Å²) in [7, 11) is 3.72. The monoisotopic (exact) mass is 666 g/mol. The van der Waals surface area contributed by atoms with Crippen LogP contribution in [0.15, 0.2) is 42.6 Å². The van der Waals surface area contributed by atoms with Gasteiger partial charge in [-0.25, -0.2) is 0 Å². The summed E-state index contributed by atoms with van der Waals surface area (Å²) in [6, 6.07) is 11.8. The number of hydrogen-bond donors (Lipinski definition) is 1. The fourth-order valence-corrected chi connectivity index (χ4v) is 8.52. The summed E-state index contributed by atoms with van der Waals surface area (Å²) in [6.45, 7) is 5.17. The highest BCUT2D eigenvalue weighted by Crippen LogP contribution is 2.36. The van der Waals surface area contributed by atoms with Gasteiger partial charge in [-0.2, -0.15) is 0 Å². The van der Waals surface area contributed by atoms with Crippen LogP contribution in [0.2, 0.25) is 10.0 Å². The van der Waals surface area contributed by atoms with Crippen LogP contribution < -0.4 is 5.32 Å². The lowest BCUT2D eigenvalue weighted by atomic mass is 9.80. The number of anilines is 1. The third-order valence-electron chi connectivity index (χ3n) is 11.0. The summed E-state index contributed by atoms with van der Waals surface area (Å²) in [6.07, 6.45) is 13.0. The van der Waals surface area contributed by atoms with Crippen molar-refractivity contribution in [3.63, 3.8) is 0 Å². The Morgan fingerprint density at radius 1 is 0.978 bits per heavy atom. The van der Waals surface area contributed by atoms with E-state index in [1.54, 1.807) is 19.2 Å². The van der Waals surface area contributed by atoms with Crippen molar-refractivity contribution < 1.29 is 14.3 Å². The largest absolute Gasteiger partial charge is 0.381 e. The molecule has 7 nitrogen and oxygen atoms in total. The quantitative estimate of drug-likeness (QED) is 0.252. The number of fused-ring (bicyclic) bond motifs is 1. The molecule has 2 aliphatic heterocycles. The molecule has 2 atom stereocenters. The first-order valence-electron chi connectivity index (χ1n) is 17.1. The standard InChI is InChI=1S/C37H48Cl2N4O3/c1-24-8-10-25(11-9-24)12-13-27-20-28(42-16-14-29(46-3)15-17-42)22-43(27)36(44)19-26-18-33(39)34(21-32(26)38)40-37(45)31-23-41(2)35-7-5-4-6-30(31)35/h4-7,18,21,23-25,27-29H,8-17,19-20,22H2,1-3H3,(H,40,45).